The highest BCUT2D eigenvalue weighted by molar-refractivity contribution is 5.87. The molecule has 2 N–H and O–H groups in total. The molecule has 24 heavy (non-hydrogen) atoms. The van der Waals surface area contributed by atoms with E-state index >= 15 is 0 Å². The third-order valence-electron chi connectivity index (χ3n) is 4.84. The van der Waals surface area contributed by atoms with Gasteiger partial charge in [-0.3, -0.25) is 9.78 Å². The van der Waals surface area contributed by atoms with Crippen LogP contribution in [0, 0.1) is 5.41 Å². The lowest BCUT2D eigenvalue weighted by Crippen LogP contribution is -2.47. The Labute approximate surface area is 142 Å². The standard InChI is InChI=1S/C19H25N3O2/c1-24-14-19(7-10-20-11-8-19)13-22-17(23)12-16-5-2-4-15-6-3-9-21-18(15)16/h2-6,9,20H,7-8,10-14H2,1H3,(H,22,23). The first-order chi connectivity index (χ1) is 11.7. The van der Waals surface area contributed by atoms with E-state index in [2.05, 4.69) is 15.6 Å². The van der Waals surface area contributed by atoms with E-state index in [-0.39, 0.29) is 11.3 Å². The Morgan fingerprint density at radius 3 is 2.88 bits per heavy atom. The maximum Gasteiger partial charge on any atom is 0.224 e. The lowest BCUT2D eigenvalue weighted by atomic mass is 9.79. The molecular weight excluding hydrogens is 302 g/mol. The molecule has 1 aromatic carbocycles. The first kappa shape index (κ1) is 16.9. The zero-order valence-electron chi connectivity index (χ0n) is 14.2. The van der Waals surface area contributed by atoms with Gasteiger partial charge in [0.25, 0.3) is 0 Å². The van der Waals surface area contributed by atoms with E-state index in [4.69, 9.17) is 4.74 Å². The predicted molar refractivity (Wildman–Crippen MR) is 94.9 cm³/mol. The number of carbonyl (C=O) groups is 1. The Hall–Kier alpha value is -1.98. The molecule has 5 nitrogen and oxygen atoms in total. The van der Waals surface area contributed by atoms with E-state index in [0.29, 0.717) is 19.6 Å². The average molecular weight is 327 g/mol. The second-order valence-electron chi connectivity index (χ2n) is 6.63. The number of piperidine rings is 1. The maximum atomic E-state index is 12.4. The van der Waals surface area contributed by atoms with Gasteiger partial charge in [-0.15, -0.1) is 0 Å². The zero-order valence-corrected chi connectivity index (χ0v) is 14.2. The summed E-state index contributed by atoms with van der Waals surface area (Å²) in [5.74, 6) is 0.0437. The number of hydrogen-bond donors (Lipinski definition) is 2. The summed E-state index contributed by atoms with van der Waals surface area (Å²) in [6.07, 6.45) is 4.18. The van der Waals surface area contributed by atoms with Gasteiger partial charge in [-0.05, 0) is 37.6 Å². The van der Waals surface area contributed by atoms with E-state index in [1.807, 2.05) is 30.3 Å². The summed E-state index contributed by atoms with van der Waals surface area (Å²) in [6, 6.07) is 9.91. The summed E-state index contributed by atoms with van der Waals surface area (Å²) in [7, 11) is 1.73. The summed E-state index contributed by atoms with van der Waals surface area (Å²) >= 11 is 0. The van der Waals surface area contributed by atoms with Gasteiger partial charge in [-0.1, -0.05) is 24.3 Å². The number of benzene rings is 1. The van der Waals surface area contributed by atoms with Crippen LogP contribution in [0.25, 0.3) is 10.9 Å². The number of para-hydroxylation sites is 1. The maximum absolute atomic E-state index is 12.4. The number of pyridine rings is 1. The molecule has 1 amide bonds. The van der Waals surface area contributed by atoms with E-state index < -0.39 is 0 Å². The number of ether oxygens (including phenoxy) is 1. The van der Waals surface area contributed by atoms with Crippen molar-refractivity contribution in [2.24, 2.45) is 5.41 Å². The normalized spacial score (nSPS) is 16.9. The second-order valence-corrected chi connectivity index (χ2v) is 6.63. The lowest BCUT2D eigenvalue weighted by molar-refractivity contribution is -0.121. The lowest BCUT2D eigenvalue weighted by Gasteiger charge is -2.37. The number of carbonyl (C=O) groups excluding carboxylic acids is 1. The van der Waals surface area contributed by atoms with Crippen molar-refractivity contribution < 1.29 is 9.53 Å². The van der Waals surface area contributed by atoms with Crippen molar-refractivity contribution in [3.05, 3.63) is 42.1 Å². The number of hydrogen-bond acceptors (Lipinski definition) is 4. The van der Waals surface area contributed by atoms with E-state index in [0.717, 1.165) is 42.4 Å². The monoisotopic (exact) mass is 327 g/mol. The highest BCUT2D eigenvalue weighted by Crippen LogP contribution is 2.28. The van der Waals surface area contributed by atoms with Crippen molar-refractivity contribution in [3.8, 4) is 0 Å². The van der Waals surface area contributed by atoms with Crippen LogP contribution in [0.3, 0.4) is 0 Å². The fraction of sp³-hybridized carbons (Fsp3) is 0.474. The number of methoxy groups -OCH3 is 1. The molecule has 2 heterocycles. The van der Waals surface area contributed by atoms with Crippen molar-refractivity contribution >= 4 is 16.8 Å². The van der Waals surface area contributed by atoms with Crippen LogP contribution >= 0.6 is 0 Å². The SMILES string of the molecule is COCC1(CNC(=O)Cc2cccc3cccnc23)CCNCC1. The van der Waals surface area contributed by atoms with Crippen molar-refractivity contribution in [2.75, 3.05) is 33.4 Å². The minimum atomic E-state index is 0.0437. The van der Waals surface area contributed by atoms with Crippen molar-refractivity contribution in [1.82, 2.24) is 15.6 Å². The Bertz CT molecular complexity index is 685. The molecule has 0 unspecified atom stereocenters. The first-order valence-corrected chi connectivity index (χ1v) is 8.51. The van der Waals surface area contributed by atoms with Crippen molar-refractivity contribution in [2.45, 2.75) is 19.3 Å². The fourth-order valence-corrected chi connectivity index (χ4v) is 3.47. The van der Waals surface area contributed by atoms with Crippen molar-refractivity contribution in [3.63, 3.8) is 0 Å². The van der Waals surface area contributed by atoms with Gasteiger partial charge in [0.15, 0.2) is 0 Å². The molecule has 1 fully saturated rings. The van der Waals surface area contributed by atoms with Crippen LogP contribution in [0.2, 0.25) is 0 Å². The molecule has 1 aliphatic rings. The third-order valence-corrected chi connectivity index (χ3v) is 4.84. The Balaban J connectivity index is 1.64. The second kappa shape index (κ2) is 7.73. The number of amides is 1. The third kappa shape index (κ3) is 3.91. The highest BCUT2D eigenvalue weighted by atomic mass is 16.5. The van der Waals surface area contributed by atoms with Crippen LogP contribution in [0.1, 0.15) is 18.4 Å². The van der Waals surface area contributed by atoms with E-state index in [1.165, 1.54) is 0 Å². The summed E-state index contributed by atoms with van der Waals surface area (Å²) in [4.78, 5) is 16.9. The average Bonchev–Trinajstić information content (AvgIpc) is 2.62. The Kier molecular flexibility index (Phi) is 5.43. The van der Waals surface area contributed by atoms with Gasteiger partial charge >= 0.3 is 0 Å². The minimum Gasteiger partial charge on any atom is -0.384 e. The van der Waals surface area contributed by atoms with Crippen LogP contribution in [0.5, 0.6) is 0 Å². The van der Waals surface area contributed by atoms with Gasteiger partial charge in [0.05, 0.1) is 18.5 Å². The summed E-state index contributed by atoms with van der Waals surface area (Å²) < 4.78 is 5.40. The molecule has 0 aliphatic carbocycles. The van der Waals surface area contributed by atoms with Gasteiger partial charge in [0.2, 0.25) is 5.91 Å². The first-order valence-electron chi connectivity index (χ1n) is 8.51. The quantitative estimate of drug-likeness (QED) is 0.851. The topological polar surface area (TPSA) is 63.2 Å². The number of nitrogens with zero attached hydrogens (tertiary/aromatic N) is 1. The molecule has 0 spiro atoms. The fourth-order valence-electron chi connectivity index (χ4n) is 3.47. The van der Waals surface area contributed by atoms with Crippen LogP contribution in [0.4, 0.5) is 0 Å². The number of rotatable bonds is 6. The number of aromatic nitrogens is 1. The molecule has 0 atom stereocenters. The number of nitrogens with one attached hydrogen (secondary N) is 2. The van der Waals surface area contributed by atoms with Crippen LogP contribution < -0.4 is 10.6 Å². The van der Waals surface area contributed by atoms with Gasteiger partial charge in [0, 0.05) is 30.7 Å². The predicted octanol–water partition coefficient (Wildman–Crippen LogP) is 1.91. The summed E-state index contributed by atoms with van der Waals surface area (Å²) in [5.41, 5.74) is 1.92. The zero-order chi connectivity index (χ0) is 16.8. The highest BCUT2D eigenvalue weighted by Gasteiger charge is 2.32. The minimum absolute atomic E-state index is 0.0437. The van der Waals surface area contributed by atoms with E-state index in [1.54, 1.807) is 13.3 Å². The van der Waals surface area contributed by atoms with Gasteiger partial charge in [-0.25, -0.2) is 0 Å². The van der Waals surface area contributed by atoms with Crippen LogP contribution in [-0.2, 0) is 16.0 Å². The smallest absolute Gasteiger partial charge is 0.224 e. The summed E-state index contributed by atoms with van der Waals surface area (Å²) in [6.45, 7) is 3.31. The molecule has 2 aromatic rings. The molecule has 1 saturated heterocycles. The van der Waals surface area contributed by atoms with Gasteiger partial charge in [-0.2, -0.15) is 0 Å². The largest absolute Gasteiger partial charge is 0.384 e. The molecule has 1 aromatic heterocycles. The Morgan fingerprint density at radius 1 is 1.29 bits per heavy atom. The molecule has 3 rings (SSSR count). The molecule has 128 valence electrons. The molecule has 0 saturated carbocycles. The molecule has 1 aliphatic heterocycles. The van der Waals surface area contributed by atoms with Crippen LogP contribution in [-0.4, -0.2) is 44.2 Å². The summed E-state index contributed by atoms with van der Waals surface area (Å²) in [5, 5.41) is 7.55. The molecule has 0 radical (unpaired) electrons. The molecule has 5 heteroatoms. The molecule has 0 bridgehead atoms. The van der Waals surface area contributed by atoms with Crippen molar-refractivity contribution in [1.29, 1.82) is 0 Å². The van der Waals surface area contributed by atoms with Gasteiger partial charge in [0.1, 0.15) is 0 Å². The van der Waals surface area contributed by atoms with Crippen LogP contribution in [0.15, 0.2) is 36.5 Å². The van der Waals surface area contributed by atoms with Gasteiger partial charge < -0.3 is 15.4 Å². The number of fused-ring (bicyclic) bond motifs is 1. The molecular formula is C19H25N3O2. The Morgan fingerprint density at radius 2 is 2.08 bits per heavy atom. The van der Waals surface area contributed by atoms with E-state index in [9.17, 15) is 4.79 Å².